The van der Waals surface area contributed by atoms with Crippen LogP contribution in [0.4, 0.5) is 5.82 Å². The van der Waals surface area contributed by atoms with Gasteiger partial charge in [-0.2, -0.15) is 0 Å². The summed E-state index contributed by atoms with van der Waals surface area (Å²) < 4.78 is 0. The average Bonchev–Trinajstić information content (AvgIpc) is 2.37. The van der Waals surface area contributed by atoms with Crippen LogP contribution in [0.2, 0.25) is 10.0 Å². The van der Waals surface area contributed by atoms with E-state index in [1.165, 1.54) is 0 Å². The minimum absolute atomic E-state index is 0.534. The molecular weight excluding hydrogens is 269 g/mol. The van der Waals surface area contributed by atoms with Crippen LogP contribution < -0.4 is 5.32 Å². The van der Waals surface area contributed by atoms with Crippen molar-refractivity contribution in [1.82, 2.24) is 9.97 Å². The summed E-state index contributed by atoms with van der Waals surface area (Å²) in [5.41, 5.74) is 0.668. The number of hydrogen-bond acceptors (Lipinski definition) is 3. The summed E-state index contributed by atoms with van der Waals surface area (Å²) in [6.07, 6.45) is 2.73. The van der Waals surface area contributed by atoms with Gasteiger partial charge in [-0.25, -0.2) is 9.97 Å². The van der Waals surface area contributed by atoms with Crippen molar-refractivity contribution in [2.45, 2.75) is 13.3 Å². The molecule has 0 amide bonds. The lowest BCUT2D eigenvalue weighted by molar-refractivity contribution is 0.966. The van der Waals surface area contributed by atoms with Gasteiger partial charge in [-0.05, 0) is 24.6 Å². The van der Waals surface area contributed by atoms with E-state index in [0.29, 0.717) is 21.4 Å². The van der Waals surface area contributed by atoms with Crippen LogP contribution in [-0.2, 0) is 0 Å². The second-order valence-corrected chi connectivity index (χ2v) is 4.60. The smallest absolute Gasteiger partial charge is 0.164 e. The maximum absolute atomic E-state index is 6.14. The van der Waals surface area contributed by atoms with Crippen LogP contribution >= 0.6 is 23.2 Å². The molecule has 1 aromatic carbocycles. The lowest BCUT2D eigenvalue weighted by Crippen LogP contribution is -2.03. The molecule has 0 aliphatic heterocycles. The molecule has 1 aromatic heterocycles. The van der Waals surface area contributed by atoms with Gasteiger partial charge in [-0.3, -0.25) is 0 Å². The van der Waals surface area contributed by atoms with E-state index in [0.717, 1.165) is 18.8 Å². The molecule has 0 fully saturated rings. The molecule has 2 rings (SSSR count). The van der Waals surface area contributed by atoms with Crippen LogP contribution in [0.15, 0.2) is 30.5 Å². The van der Waals surface area contributed by atoms with E-state index in [2.05, 4.69) is 22.2 Å². The van der Waals surface area contributed by atoms with Gasteiger partial charge in [0.1, 0.15) is 5.82 Å². The van der Waals surface area contributed by atoms with Gasteiger partial charge in [0, 0.05) is 12.7 Å². The van der Waals surface area contributed by atoms with Crippen LogP contribution in [0.3, 0.4) is 0 Å². The predicted molar refractivity (Wildman–Crippen MR) is 76.3 cm³/mol. The number of benzene rings is 1. The number of rotatable bonds is 4. The molecule has 0 spiro atoms. The van der Waals surface area contributed by atoms with Gasteiger partial charge in [0.25, 0.3) is 0 Å². The zero-order chi connectivity index (χ0) is 13.0. The third-order valence-electron chi connectivity index (χ3n) is 2.40. The van der Waals surface area contributed by atoms with Crippen LogP contribution in [0, 0.1) is 0 Å². The molecule has 0 bridgehead atoms. The van der Waals surface area contributed by atoms with Gasteiger partial charge in [0.05, 0.1) is 15.6 Å². The molecule has 18 heavy (non-hydrogen) atoms. The molecule has 1 heterocycles. The number of aromatic nitrogens is 2. The van der Waals surface area contributed by atoms with E-state index in [1.54, 1.807) is 24.4 Å². The van der Waals surface area contributed by atoms with Crippen molar-refractivity contribution in [3.8, 4) is 11.4 Å². The summed E-state index contributed by atoms with van der Waals surface area (Å²) in [7, 11) is 0. The highest BCUT2D eigenvalue weighted by Crippen LogP contribution is 2.32. The topological polar surface area (TPSA) is 37.8 Å². The maximum Gasteiger partial charge on any atom is 0.164 e. The molecule has 0 atom stereocenters. The third kappa shape index (κ3) is 2.92. The highest BCUT2D eigenvalue weighted by atomic mass is 35.5. The molecule has 0 aliphatic carbocycles. The van der Waals surface area contributed by atoms with Crippen LogP contribution in [0.1, 0.15) is 13.3 Å². The molecule has 1 N–H and O–H groups in total. The van der Waals surface area contributed by atoms with Crippen LogP contribution in [0.5, 0.6) is 0 Å². The molecule has 0 unspecified atom stereocenters. The molecule has 3 nitrogen and oxygen atoms in total. The number of nitrogens with zero attached hydrogens (tertiary/aromatic N) is 2. The first-order valence-electron chi connectivity index (χ1n) is 5.73. The molecule has 0 saturated heterocycles. The summed E-state index contributed by atoms with van der Waals surface area (Å²) in [5.74, 6) is 1.31. The van der Waals surface area contributed by atoms with E-state index in [4.69, 9.17) is 23.2 Å². The van der Waals surface area contributed by atoms with Gasteiger partial charge in [0.15, 0.2) is 5.82 Å². The zero-order valence-corrected chi connectivity index (χ0v) is 11.5. The molecule has 2 aromatic rings. The Balaban J connectivity index is 2.38. The Labute approximate surface area is 116 Å². The molecule has 5 heteroatoms. The highest BCUT2D eigenvalue weighted by molar-refractivity contribution is 6.38. The van der Waals surface area contributed by atoms with Crippen molar-refractivity contribution in [3.63, 3.8) is 0 Å². The second kappa shape index (κ2) is 6.03. The fourth-order valence-corrected chi connectivity index (χ4v) is 2.11. The molecular formula is C13H13Cl2N3. The fraction of sp³-hybridized carbons (Fsp3) is 0.231. The van der Waals surface area contributed by atoms with E-state index >= 15 is 0 Å². The lowest BCUT2D eigenvalue weighted by Gasteiger charge is -2.08. The van der Waals surface area contributed by atoms with Crippen LogP contribution in [-0.4, -0.2) is 16.5 Å². The van der Waals surface area contributed by atoms with Crippen molar-refractivity contribution >= 4 is 29.0 Å². The number of anilines is 1. The SMILES string of the molecule is CCCNc1ccnc(-c2c(Cl)cccc2Cl)n1. The van der Waals surface area contributed by atoms with Crippen molar-refractivity contribution < 1.29 is 0 Å². The first kappa shape index (κ1) is 13.1. The number of hydrogen-bond donors (Lipinski definition) is 1. The normalized spacial score (nSPS) is 10.4. The standard InChI is InChI=1S/C13H13Cl2N3/c1-2-7-16-11-6-8-17-13(18-11)12-9(14)4-3-5-10(12)15/h3-6,8H,2,7H2,1H3,(H,16,17,18). The van der Waals surface area contributed by atoms with Crippen molar-refractivity contribution in [2.75, 3.05) is 11.9 Å². The van der Waals surface area contributed by atoms with Gasteiger partial charge in [-0.15, -0.1) is 0 Å². The van der Waals surface area contributed by atoms with Crippen molar-refractivity contribution in [3.05, 3.63) is 40.5 Å². The molecule has 0 saturated carbocycles. The average molecular weight is 282 g/mol. The summed E-state index contributed by atoms with van der Waals surface area (Å²) in [6, 6.07) is 7.17. The summed E-state index contributed by atoms with van der Waals surface area (Å²) >= 11 is 12.3. The molecule has 94 valence electrons. The van der Waals surface area contributed by atoms with E-state index < -0.39 is 0 Å². The Morgan fingerprint density at radius 3 is 2.56 bits per heavy atom. The summed E-state index contributed by atoms with van der Waals surface area (Å²) in [6.45, 7) is 2.97. The Hall–Kier alpha value is -1.32. The summed E-state index contributed by atoms with van der Waals surface area (Å²) in [5, 5.41) is 4.31. The zero-order valence-electron chi connectivity index (χ0n) is 9.95. The van der Waals surface area contributed by atoms with Crippen LogP contribution in [0.25, 0.3) is 11.4 Å². The van der Waals surface area contributed by atoms with Crippen molar-refractivity contribution in [2.24, 2.45) is 0 Å². The monoisotopic (exact) mass is 281 g/mol. The van der Waals surface area contributed by atoms with E-state index in [-0.39, 0.29) is 0 Å². The minimum atomic E-state index is 0.534. The van der Waals surface area contributed by atoms with Gasteiger partial charge < -0.3 is 5.32 Å². The third-order valence-corrected chi connectivity index (χ3v) is 3.03. The Kier molecular flexibility index (Phi) is 4.39. The van der Waals surface area contributed by atoms with Gasteiger partial charge >= 0.3 is 0 Å². The Morgan fingerprint density at radius 2 is 1.89 bits per heavy atom. The largest absolute Gasteiger partial charge is 0.370 e. The molecule has 0 aliphatic rings. The minimum Gasteiger partial charge on any atom is -0.370 e. The number of halogens is 2. The number of nitrogens with one attached hydrogen (secondary N) is 1. The van der Waals surface area contributed by atoms with Crippen molar-refractivity contribution in [1.29, 1.82) is 0 Å². The van der Waals surface area contributed by atoms with Gasteiger partial charge in [0.2, 0.25) is 0 Å². The fourth-order valence-electron chi connectivity index (χ4n) is 1.54. The first-order chi connectivity index (χ1) is 8.72. The predicted octanol–water partition coefficient (Wildman–Crippen LogP) is 4.27. The summed E-state index contributed by atoms with van der Waals surface area (Å²) in [4.78, 5) is 8.63. The first-order valence-corrected chi connectivity index (χ1v) is 6.49. The Bertz CT molecular complexity index is 523. The highest BCUT2D eigenvalue weighted by Gasteiger charge is 2.11. The Morgan fingerprint density at radius 1 is 1.17 bits per heavy atom. The van der Waals surface area contributed by atoms with Gasteiger partial charge in [-0.1, -0.05) is 36.2 Å². The molecule has 0 radical (unpaired) electrons. The van der Waals surface area contributed by atoms with E-state index in [1.807, 2.05) is 6.07 Å². The second-order valence-electron chi connectivity index (χ2n) is 3.79. The lowest BCUT2D eigenvalue weighted by atomic mass is 10.2. The maximum atomic E-state index is 6.14. The van der Waals surface area contributed by atoms with E-state index in [9.17, 15) is 0 Å². The quantitative estimate of drug-likeness (QED) is 0.909.